The van der Waals surface area contributed by atoms with Gasteiger partial charge in [0.25, 0.3) is 0 Å². The Hall–Kier alpha value is -2.07. The van der Waals surface area contributed by atoms with E-state index in [0.717, 1.165) is 5.56 Å². The first kappa shape index (κ1) is 14.3. The molecule has 2 N–H and O–H groups in total. The average Bonchev–Trinajstić information content (AvgIpc) is 2.38. The molecule has 1 aromatic heterocycles. The van der Waals surface area contributed by atoms with Gasteiger partial charge in [0.15, 0.2) is 0 Å². The molecule has 4 nitrogen and oxygen atoms in total. The Morgan fingerprint density at radius 1 is 1.30 bits per heavy atom. The van der Waals surface area contributed by atoms with Crippen LogP contribution in [0.5, 0.6) is 0 Å². The SMILES string of the molecule is Cc1nc(NC(C)c2ccccc2Cl)ccc1C(=O)O. The number of nitrogens with one attached hydrogen (secondary N) is 1. The van der Waals surface area contributed by atoms with Crippen LogP contribution >= 0.6 is 11.6 Å². The smallest absolute Gasteiger partial charge is 0.337 e. The number of aromatic nitrogens is 1. The quantitative estimate of drug-likeness (QED) is 0.896. The van der Waals surface area contributed by atoms with Crippen molar-refractivity contribution in [1.82, 2.24) is 4.98 Å². The average molecular weight is 291 g/mol. The van der Waals surface area contributed by atoms with Crippen molar-refractivity contribution in [2.75, 3.05) is 5.32 Å². The van der Waals surface area contributed by atoms with Crippen LogP contribution in [0.4, 0.5) is 5.82 Å². The van der Waals surface area contributed by atoms with Crippen molar-refractivity contribution in [3.05, 3.63) is 58.2 Å². The predicted octanol–water partition coefficient (Wildman–Crippen LogP) is 3.91. The lowest BCUT2D eigenvalue weighted by molar-refractivity contribution is 0.0695. The highest BCUT2D eigenvalue weighted by Crippen LogP contribution is 2.25. The van der Waals surface area contributed by atoms with Gasteiger partial charge in [0.05, 0.1) is 17.3 Å². The molecular formula is C15H15ClN2O2. The highest BCUT2D eigenvalue weighted by atomic mass is 35.5. The van der Waals surface area contributed by atoms with Crippen molar-refractivity contribution in [2.24, 2.45) is 0 Å². The fourth-order valence-corrected chi connectivity index (χ4v) is 2.29. The van der Waals surface area contributed by atoms with Crippen LogP contribution in [-0.2, 0) is 0 Å². The summed E-state index contributed by atoms with van der Waals surface area (Å²) in [5.41, 5.74) is 1.66. The second-order valence-electron chi connectivity index (χ2n) is 4.52. The molecule has 0 saturated heterocycles. The van der Waals surface area contributed by atoms with Crippen LogP contribution in [0.25, 0.3) is 0 Å². The maximum absolute atomic E-state index is 10.9. The number of nitrogens with zero attached hydrogens (tertiary/aromatic N) is 1. The van der Waals surface area contributed by atoms with Crippen LogP contribution in [0, 0.1) is 6.92 Å². The van der Waals surface area contributed by atoms with Crippen molar-refractivity contribution in [3.8, 4) is 0 Å². The lowest BCUT2D eigenvalue weighted by atomic mass is 10.1. The number of hydrogen-bond donors (Lipinski definition) is 2. The van der Waals surface area contributed by atoms with E-state index >= 15 is 0 Å². The third-order valence-corrected chi connectivity index (χ3v) is 3.40. The standard InChI is InChI=1S/C15H15ClN2O2/c1-9(11-5-3-4-6-13(11)16)17-14-8-7-12(15(19)20)10(2)18-14/h3-9H,1-2H3,(H,17,18)(H,19,20). The molecule has 2 rings (SSSR count). The summed E-state index contributed by atoms with van der Waals surface area (Å²) in [6.07, 6.45) is 0. The van der Waals surface area contributed by atoms with E-state index in [2.05, 4.69) is 10.3 Å². The van der Waals surface area contributed by atoms with Gasteiger partial charge < -0.3 is 10.4 Å². The summed E-state index contributed by atoms with van der Waals surface area (Å²) in [7, 11) is 0. The predicted molar refractivity (Wildman–Crippen MR) is 79.4 cm³/mol. The molecule has 0 aliphatic rings. The van der Waals surface area contributed by atoms with E-state index in [1.807, 2.05) is 31.2 Å². The summed E-state index contributed by atoms with van der Waals surface area (Å²) in [5, 5.41) is 12.9. The molecule has 0 bridgehead atoms. The van der Waals surface area contributed by atoms with Crippen molar-refractivity contribution >= 4 is 23.4 Å². The molecule has 0 amide bonds. The van der Waals surface area contributed by atoms with Gasteiger partial charge in [0.1, 0.15) is 5.82 Å². The molecule has 1 heterocycles. The van der Waals surface area contributed by atoms with E-state index in [-0.39, 0.29) is 11.6 Å². The Labute approximate surface area is 122 Å². The number of hydrogen-bond acceptors (Lipinski definition) is 3. The first-order valence-electron chi connectivity index (χ1n) is 6.21. The molecule has 0 aliphatic carbocycles. The molecule has 1 atom stereocenters. The zero-order valence-electron chi connectivity index (χ0n) is 11.2. The number of aryl methyl sites for hydroxylation is 1. The van der Waals surface area contributed by atoms with Crippen molar-refractivity contribution in [1.29, 1.82) is 0 Å². The highest BCUT2D eigenvalue weighted by Gasteiger charge is 2.12. The van der Waals surface area contributed by atoms with Gasteiger partial charge in [-0.05, 0) is 37.6 Å². The Morgan fingerprint density at radius 2 is 2.00 bits per heavy atom. The summed E-state index contributed by atoms with van der Waals surface area (Å²) in [6, 6.07) is 10.8. The number of pyridine rings is 1. The van der Waals surface area contributed by atoms with Gasteiger partial charge in [-0.15, -0.1) is 0 Å². The van der Waals surface area contributed by atoms with Crippen LogP contribution in [0.2, 0.25) is 5.02 Å². The second kappa shape index (κ2) is 5.92. The monoisotopic (exact) mass is 290 g/mol. The molecule has 0 aliphatic heterocycles. The maximum Gasteiger partial charge on any atom is 0.337 e. The minimum absolute atomic E-state index is 0.0220. The molecule has 2 aromatic rings. The zero-order chi connectivity index (χ0) is 14.7. The highest BCUT2D eigenvalue weighted by molar-refractivity contribution is 6.31. The number of carboxylic acids is 1. The molecular weight excluding hydrogens is 276 g/mol. The Bertz CT molecular complexity index is 644. The van der Waals surface area contributed by atoms with Gasteiger partial charge in [-0.2, -0.15) is 0 Å². The second-order valence-corrected chi connectivity index (χ2v) is 4.93. The minimum atomic E-state index is -0.972. The maximum atomic E-state index is 10.9. The fourth-order valence-electron chi connectivity index (χ4n) is 1.99. The van der Waals surface area contributed by atoms with E-state index < -0.39 is 5.97 Å². The normalized spacial score (nSPS) is 11.9. The molecule has 0 spiro atoms. The molecule has 1 unspecified atom stereocenters. The summed E-state index contributed by atoms with van der Waals surface area (Å²) in [5.74, 6) is -0.347. The van der Waals surface area contributed by atoms with Crippen molar-refractivity contribution in [3.63, 3.8) is 0 Å². The topological polar surface area (TPSA) is 62.2 Å². The van der Waals surface area contributed by atoms with Gasteiger partial charge in [-0.3, -0.25) is 0 Å². The van der Waals surface area contributed by atoms with Gasteiger partial charge in [0.2, 0.25) is 0 Å². The third-order valence-electron chi connectivity index (χ3n) is 3.05. The minimum Gasteiger partial charge on any atom is -0.478 e. The van der Waals surface area contributed by atoms with Crippen LogP contribution in [0.3, 0.4) is 0 Å². The third kappa shape index (κ3) is 3.08. The van der Waals surface area contributed by atoms with Crippen molar-refractivity contribution < 1.29 is 9.90 Å². The summed E-state index contributed by atoms with van der Waals surface area (Å²) >= 11 is 6.15. The van der Waals surface area contributed by atoms with E-state index in [1.165, 1.54) is 0 Å². The lowest BCUT2D eigenvalue weighted by Gasteiger charge is -2.16. The molecule has 1 aromatic carbocycles. The molecule has 104 valence electrons. The van der Waals surface area contributed by atoms with Gasteiger partial charge >= 0.3 is 5.97 Å². The summed E-state index contributed by atoms with van der Waals surface area (Å²) in [4.78, 5) is 15.2. The van der Waals surface area contributed by atoms with Gasteiger partial charge in [-0.1, -0.05) is 29.8 Å². The Balaban J connectivity index is 2.20. The van der Waals surface area contributed by atoms with Crippen LogP contribution in [0.15, 0.2) is 36.4 Å². The number of benzene rings is 1. The van der Waals surface area contributed by atoms with E-state index in [1.54, 1.807) is 19.1 Å². The molecule has 0 fully saturated rings. The number of aromatic carboxylic acids is 1. The van der Waals surface area contributed by atoms with Crippen LogP contribution in [0.1, 0.15) is 34.6 Å². The first-order chi connectivity index (χ1) is 9.49. The zero-order valence-corrected chi connectivity index (χ0v) is 12.0. The number of carboxylic acid groups (broad SMARTS) is 1. The van der Waals surface area contributed by atoms with Crippen LogP contribution < -0.4 is 5.32 Å². The van der Waals surface area contributed by atoms with Crippen LogP contribution in [-0.4, -0.2) is 16.1 Å². The molecule has 0 saturated carbocycles. The summed E-state index contributed by atoms with van der Waals surface area (Å²) < 4.78 is 0. The first-order valence-corrected chi connectivity index (χ1v) is 6.58. The number of rotatable bonds is 4. The largest absolute Gasteiger partial charge is 0.478 e. The van der Waals surface area contributed by atoms with E-state index in [4.69, 9.17) is 16.7 Å². The molecule has 0 radical (unpaired) electrons. The Kier molecular flexibility index (Phi) is 4.25. The van der Waals surface area contributed by atoms with Crippen molar-refractivity contribution in [2.45, 2.75) is 19.9 Å². The summed E-state index contributed by atoms with van der Waals surface area (Å²) in [6.45, 7) is 3.65. The van der Waals surface area contributed by atoms with Gasteiger partial charge in [0, 0.05) is 5.02 Å². The Morgan fingerprint density at radius 3 is 2.60 bits per heavy atom. The lowest BCUT2D eigenvalue weighted by Crippen LogP contribution is -2.10. The van der Waals surface area contributed by atoms with Gasteiger partial charge in [-0.25, -0.2) is 9.78 Å². The number of anilines is 1. The molecule has 20 heavy (non-hydrogen) atoms. The van der Waals surface area contributed by atoms with E-state index in [9.17, 15) is 4.79 Å². The molecule has 5 heteroatoms. The number of halogens is 1. The number of carbonyl (C=O) groups is 1. The fraction of sp³-hybridized carbons (Fsp3) is 0.200. The van der Waals surface area contributed by atoms with E-state index in [0.29, 0.717) is 16.5 Å².